The summed E-state index contributed by atoms with van der Waals surface area (Å²) in [4.78, 5) is 19.5. The van der Waals surface area contributed by atoms with Gasteiger partial charge < -0.3 is 4.90 Å². The number of likely N-dealkylation sites (tertiary alicyclic amines) is 2. The predicted molar refractivity (Wildman–Crippen MR) is 88.6 cm³/mol. The largest absolute Gasteiger partial charge is 0.339 e. The molecule has 0 spiro atoms. The van der Waals surface area contributed by atoms with Crippen LogP contribution in [0, 0.1) is 5.92 Å². The number of hydrogen-bond acceptors (Lipinski definition) is 3. The molecule has 2 aliphatic rings. The van der Waals surface area contributed by atoms with Crippen molar-refractivity contribution >= 4 is 5.91 Å². The highest BCUT2D eigenvalue weighted by atomic mass is 16.2. The van der Waals surface area contributed by atoms with Gasteiger partial charge in [0.25, 0.3) is 0 Å². The molecule has 6 nitrogen and oxygen atoms in total. The van der Waals surface area contributed by atoms with Crippen molar-refractivity contribution in [3.8, 4) is 0 Å². The lowest BCUT2D eigenvalue weighted by Crippen LogP contribution is -2.45. The van der Waals surface area contributed by atoms with Crippen molar-refractivity contribution in [2.24, 2.45) is 11.0 Å². The monoisotopic (exact) mass is 313 g/mol. The van der Waals surface area contributed by atoms with Crippen molar-refractivity contribution in [1.82, 2.24) is 9.80 Å². The molecule has 1 aromatic rings. The minimum absolute atomic E-state index is 0.195. The average Bonchev–Trinajstić information content (AvgIpc) is 2.95. The Labute approximate surface area is 136 Å². The maximum Gasteiger partial charge on any atom is 0.223 e. The van der Waals surface area contributed by atoms with Crippen LogP contribution in [-0.2, 0) is 11.3 Å². The van der Waals surface area contributed by atoms with Crippen molar-refractivity contribution in [2.75, 3.05) is 26.2 Å². The molecule has 1 aromatic carbocycles. The second-order valence-electron chi connectivity index (χ2n) is 6.52. The molecule has 6 heteroatoms. The maximum absolute atomic E-state index is 12.2. The van der Waals surface area contributed by atoms with Gasteiger partial charge in [0.1, 0.15) is 0 Å². The van der Waals surface area contributed by atoms with Crippen LogP contribution < -0.4 is 0 Å². The number of amides is 1. The molecule has 2 saturated heterocycles. The van der Waals surface area contributed by atoms with Crippen LogP contribution >= 0.6 is 0 Å². The van der Waals surface area contributed by atoms with Gasteiger partial charge in [0.05, 0.1) is 0 Å². The summed E-state index contributed by atoms with van der Waals surface area (Å²) in [7, 11) is 0. The van der Waals surface area contributed by atoms with Gasteiger partial charge in [0.2, 0.25) is 5.91 Å². The lowest BCUT2D eigenvalue weighted by molar-refractivity contribution is -0.130. The Bertz CT molecular complexity index is 576. The van der Waals surface area contributed by atoms with Crippen LogP contribution in [-0.4, -0.2) is 47.9 Å². The standard InChI is InChI=1S/C17H23N5O/c18-20-19-11-15-10-17(23)22(13-15)16-6-8-21(9-7-16)12-14-4-2-1-3-5-14/h1-5,15-16H,6-13H2. The zero-order valence-electron chi connectivity index (χ0n) is 13.3. The topological polar surface area (TPSA) is 72.3 Å². The molecule has 0 radical (unpaired) electrons. The second-order valence-corrected chi connectivity index (χ2v) is 6.52. The van der Waals surface area contributed by atoms with Crippen LogP contribution in [0.15, 0.2) is 35.4 Å². The van der Waals surface area contributed by atoms with Gasteiger partial charge >= 0.3 is 0 Å². The third-order valence-electron chi connectivity index (χ3n) is 4.89. The van der Waals surface area contributed by atoms with Crippen molar-refractivity contribution in [3.63, 3.8) is 0 Å². The Morgan fingerprint density at radius 3 is 2.65 bits per heavy atom. The van der Waals surface area contributed by atoms with Gasteiger partial charge in [0, 0.05) is 50.1 Å². The van der Waals surface area contributed by atoms with Crippen molar-refractivity contribution in [1.29, 1.82) is 0 Å². The van der Waals surface area contributed by atoms with Gasteiger partial charge in [-0.05, 0) is 29.9 Å². The molecule has 3 rings (SSSR count). The lowest BCUT2D eigenvalue weighted by atomic mass is 10.0. The molecule has 1 unspecified atom stereocenters. The van der Waals surface area contributed by atoms with Crippen LogP contribution in [0.3, 0.4) is 0 Å². The number of carbonyl (C=O) groups is 1. The van der Waals surface area contributed by atoms with E-state index < -0.39 is 0 Å². The first kappa shape index (κ1) is 15.8. The fraction of sp³-hybridized carbons (Fsp3) is 0.588. The molecular formula is C17H23N5O. The SMILES string of the molecule is [N-]=[N+]=NCC1CC(=O)N(C2CCN(Cc3ccccc3)CC2)C1. The molecule has 0 saturated carbocycles. The van der Waals surface area contributed by atoms with Crippen molar-refractivity contribution < 1.29 is 4.79 Å². The first-order chi connectivity index (χ1) is 11.3. The zero-order chi connectivity index (χ0) is 16.1. The Kier molecular flexibility index (Phi) is 5.16. The van der Waals surface area contributed by atoms with Crippen LogP contribution in [0.1, 0.15) is 24.8 Å². The summed E-state index contributed by atoms with van der Waals surface area (Å²) in [6.45, 7) is 4.24. The summed E-state index contributed by atoms with van der Waals surface area (Å²) in [6.07, 6.45) is 2.60. The second kappa shape index (κ2) is 7.49. The Morgan fingerprint density at radius 2 is 1.96 bits per heavy atom. The molecule has 23 heavy (non-hydrogen) atoms. The number of hydrogen-bond donors (Lipinski definition) is 0. The highest BCUT2D eigenvalue weighted by molar-refractivity contribution is 5.79. The van der Waals surface area contributed by atoms with E-state index in [1.807, 2.05) is 11.0 Å². The van der Waals surface area contributed by atoms with Gasteiger partial charge in [-0.1, -0.05) is 35.4 Å². The minimum Gasteiger partial charge on any atom is -0.339 e. The average molecular weight is 313 g/mol. The molecule has 0 aliphatic carbocycles. The van der Waals surface area contributed by atoms with Crippen LogP contribution in [0.25, 0.3) is 10.4 Å². The van der Waals surface area contributed by atoms with E-state index in [1.54, 1.807) is 0 Å². The van der Waals surface area contributed by atoms with E-state index in [4.69, 9.17) is 5.53 Å². The third kappa shape index (κ3) is 4.03. The maximum atomic E-state index is 12.2. The number of nitrogens with zero attached hydrogens (tertiary/aromatic N) is 5. The zero-order valence-corrected chi connectivity index (χ0v) is 13.3. The van der Waals surface area contributed by atoms with Gasteiger partial charge in [-0.15, -0.1) is 0 Å². The predicted octanol–water partition coefficient (Wildman–Crippen LogP) is 2.81. The van der Waals surface area contributed by atoms with Crippen LogP contribution in [0.4, 0.5) is 0 Å². The molecule has 2 aliphatic heterocycles. The highest BCUT2D eigenvalue weighted by Gasteiger charge is 2.35. The summed E-state index contributed by atoms with van der Waals surface area (Å²) < 4.78 is 0. The smallest absolute Gasteiger partial charge is 0.223 e. The van der Waals surface area contributed by atoms with E-state index in [0.29, 0.717) is 19.0 Å². The lowest BCUT2D eigenvalue weighted by Gasteiger charge is -2.37. The Balaban J connectivity index is 1.49. The molecule has 1 atom stereocenters. The first-order valence-electron chi connectivity index (χ1n) is 8.33. The first-order valence-corrected chi connectivity index (χ1v) is 8.33. The van der Waals surface area contributed by atoms with E-state index in [2.05, 4.69) is 39.2 Å². The fourth-order valence-corrected chi connectivity index (χ4v) is 3.67. The number of piperidine rings is 1. The normalized spacial score (nSPS) is 23.0. The third-order valence-corrected chi connectivity index (χ3v) is 4.89. The molecule has 0 aromatic heterocycles. The fourth-order valence-electron chi connectivity index (χ4n) is 3.67. The summed E-state index contributed by atoms with van der Waals surface area (Å²) in [6, 6.07) is 10.9. The summed E-state index contributed by atoms with van der Waals surface area (Å²) in [5.41, 5.74) is 9.76. The molecule has 0 N–H and O–H groups in total. The van der Waals surface area contributed by atoms with Crippen molar-refractivity contribution in [3.05, 3.63) is 46.3 Å². The van der Waals surface area contributed by atoms with Crippen molar-refractivity contribution in [2.45, 2.75) is 31.8 Å². The number of carbonyl (C=O) groups excluding carboxylic acids is 1. The number of benzene rings is 1. The molecule has 2 heterocycles. The van der Waals surface area contributed by atoms with Gasteiger partial charge in [0.15, 0.2) is 0 Å². The minimum atomic E-state index is 0.195. The molecule has 122 valence electrons. The van der Waals surface area contributed by atoms with Crippen LogP contribution in [0.5, 0.6) is 0 Å². The van der Waals surface area contributed by atoms with Gasteiger partial charge in [-0.3, -0.25) is 9.69 Å². The number of rotatable bonds is 5. The van der Waals surface area contributed by atoms with Gasteiger partial charge in [-0.25, -0.2) is 0 Å². The van der Waals surface area contributed by atoms with E-state index in [1.165, 1.54) is 5.56 Å². The molecule has 0 bridgehead atoms. The van der Waals surface area contributed by atoms with E-state index in [-0.39, 0.29) is 11.8 Å². The number of azide groups is 1. The van der Waals surface area contributed by atoms with E-state index in [0.717, 1.165) is 39.0 Å². The molecule has 1 amide bonds. The van der Waals surface area contributed by atoms with E-state index in [9.17, 15) is 4.79 Å². The summed E-state index contributed by atoms with van der Waals surface area (Å²) >= 11 is 0. The summed E-state index contributed by atoms with van der Waals surface area (Å²) in [5.74, 6) is 0.422. The Morgan fingerprint density at radius 1 is 1.22 bits per heavy atom. The Hall–Kier alpha value is -2.04. The molecular weight excluding hydrogens is 290 g/mol. The molecule has 2 fully saturated rings. The quantitative estimate of drug-likeness (QED) is 0.476. The summed E-state index contributed by atoms with van der Waals surface area (Å²) in [5, 5.41) is 3.62. The highest BCUT2D eigenvalue weighted by Crippen LogP contribution is 2.26. The van der Waals surface area contributed by atoms with E-state index >= 15 is 0 Å². The van der Waals surface area contributed by atoms with Crippen LogP contribution in [0.2, 0.25) is 0 Å². The van der Waals surface area contributed by atoms with Gasteiger partial charge in [-0.2, -0.15) is 0 Å².